The molecule has 0 radical (unpaired) electrons. The maximum atomic E-state index is 10.8. The van der Waals surface area contributed by atoms with Crippen LogP contribution in [0.25, 0.3) is 0 Å². The van der Waals surface area contributed by atoms with E-state index >= 15 is 0 Å². The SMILES string of the molecule is C[C@]12CC(=O)O[C@H]1CC(=O)O2. The minimum absolute atomic E-state index is 0.198. The van der Waals surface area contributed by atoms with Crippen molar-refractivity contribution in [3.63, 3.8) is 0 Å². The predicted molar refractivity (Wildman–Crippen MR) is 33.6 cm³/mol. The number of ether oxygens (including phenoxy) is 2. The summed E-state index contributed by atoms with van der Waals surface area (Å²) >= 11 is 0. The smallest absolute Gasteiger partial charge is 0.310 e. The zero-order chi connectivity index (χ0) is 8.06. The average molecular weight is 156 g/mol. The fraction of sp³-hybridized carbons (Fsp3) is 0.714. The van der Waals surface area contributed by atoms with E-state index in [0.717, 1.165) is 0 Å². The van der Waals surface area contributed by atoms with Crippen LogP contribution in [0.4, 0.5) is 0 Å². The molecule has 0 bridgehead atoms. The normalized spacial score (nSPS) is 41.7. The summed E-state index contributed by atoms with van der Waals surface area (Å²) < 4.78 is 9.83. The van der Waals surface area contributed by atoms with Gasteiger partial charge < -0.3 is 9.47 Å². The van der Waals surface area contributed by atoms with E-state index < -0.39 is 5.60 Å². The van der Waals surface area contributed by atoms with Crippen LogP contribution in [0.2, 0.25) is 0 Å². The Labute approximate surface area is 63.5 Å². The molecule has 0 aromatic carbocycles. The van der Waals surface area contributed by atoms with Gasteiger partial charge in [0.15, 0.2) is 11.7 Å². The second-order valence-corrected chi connectivity index (χ2v) is 3.15. The zero-order valence-electron chi connectivity index (χ0n) is 6.12. The highest BCUT2D eigenvalue weighted by Crippen LogP contribution is 2.37. The first-order valence-electron chi connectivity index (χ1n) is 3.51. The van der Waals surface area contributed by atoms with Crippen LogP contribution in [0.3, 0.4) is 0 Å². The Morgan fingerprint density at radius 2 is 2.18 bits per heavy atom. The van der Waals surface area contributed by atoms with Gasteiger partial charge in [0.1, 0.15) is 0 Å². The summed E-state index contributed by atoms with van der Waals surface area (Å²) in [6.07, 6.45) is 0.0635. The Morgan fingerprint density at radius 1 is 1.45 bits per heavy atom. The van der Waals surface area contributed by atoms with Crippen LogP contribution in [0.5, 0.6) is 0 Å². The van der Waals surface area contributed by atoms with Crippen molar-refractivity contribution in [2.45, 2.75) is 31.5 Å². The molecule has 0 aromatic rings. The first kappa shape index (κ1) is 6.64. The summed E-state index contributed by atoms with van der Waals surface area (Å²) in [6, 6.07) is 0. The van der Waals surface area contributed by atoms with Crippen LogP contribution in [0, 0.1) is 0 Å². The van der Waals surface area contributed by atoms with Gasteiger partial charge in [0.25, 0.3) is 0 Å². The molecule has 2 rings (SSSR count). The average Bonchev–Trinajstić information content (AvgIpc) is 2.16. The van der Waals surface area contributed by atoms with E-state index in [2.05, 4.69) is 0 Å². The third kappa shape index (κ3) is 0.818. The Hall–Kier alpha value is -1.06. The molecule has 2 aliphatic heterocycles. The number of fused-ring (bicyclic) bond motifs is 1. The quantitative estimate of drug-likeness (QED) is 0.463. The molecule has 4 heteroatoms. The van der Waals surface area contributed by atoms with Gasteiger partial charge in [0.05, 0.1) is 12.8 Å². The molecule has 0 unspecified atom stereocenters. The van der Waals surface area contributed by atoms with E-state index in [1.165, 1.54) is 0 Å². The van der Waals surface area contributed by atoms with Crippen LogP contribution in [-0.2, 0) is 19.1 Å². The number of hydrogen-bond donors (Lipinski definition) is 0. The number of esters is 2. The number of carbonyl (C=O) groups is 2. The monoisotopic (exact) mass is 156 g/mol. The van der Waals surface area contributed by atoms with E-state index in [1.807, 2.05) is 0 Å². The summed E-state index contributed by atoms with van der Waals surface area (Å²) in [5.41, 5.74) is -0.672. The van der Waals surface area contributed by atoms with Gasteiger partial charge in [-0.25, -0.2) is 0 Å². The third-order valence-corrected chi connectivity index (χ3v) is 2.15. The molecule has 0 N–H and O–H groups in total. The van der Waals surface area contributed by atoms with Crippen molar-refractivity contribution in [3.05, 3.63) is 0 Å². The van der Waals surface area contributed by atoms with Gasteiger partial charge in [-0.3, -0.25) is 9.59 Å². The van der Waals surface area contributed by atoms with Gasteiger partial charge in [0, 0.05) is 0 Å². The van der Waals surface area contributed by atoms with E-state index in [9.17, 15) is 9.59 Å². The van der Waals surface area contributed by atoms with Crippen molar-refractivity contribution >= 4 is 11.9 Å². The fourth-order valence-electron chi connectivity index (χ4n) is 1.54. The van der Waals surface area contributed by atoms with E-state index in [1.54, 1.807) is 6.92 Å². The number of hydrogen-bond acceptors (Lipinski definition) is 4. The molecule has 60 valence electrons. The molecule has 2 atom stereocenters. The van der Waals surface area contributed by atoms with E-state index in [-0.39, 0.29) is 30.9 Å². The van der Waals surface area contributed by atoms with Crippen molar-refractivity contribution in [1.82, 2.24) is 0 Å². The summed E-state index contributed by atoms with van der Waals surface area (Å²) in [7, 11) is 0. The second kappa shape index (κ2) is 1.75. The fourth-order valence-corrected chi connectivity index (χ4v) is 1.54. The molecule has 0 aromatic heterocycles. The highest BCUT2D eigenvalue weighted by molar-refractivity contribution is 5.80. The molecule has 2 heterocycles. The van der Waals surface area contributed by atoms with Gasteiger partial charge in [-0.2, -0.15) is 0 Å². The first-order valence-corrected chi connectivity index (χ1v) is 3.51. The summed E-state index contributed by atoms with van der Waals surface area (Å²) in [4.78, 5) is 21.5. The molecular weight excluding hydrogens is 148 g/mol. The lowest BCUT2D eigenvalue weighted by Gasteiger charge is -2.17. The summed E-state index contributed by atoms with van der Waals surface area (Å²) in [5.74, 6) is -0.546. The standard InChI is InChI=1S/C7H8O4/c1-7-3-6(9)10-4(7)2-5(8)11-7/h4H,2-3H2,1H3/t4-,7-/m0/s1. The first-order chi connectivity index (χ1) is 5.10. The lowest BCUT2D eigenvalue weighted by molar-refractivity contribution is -0.147. The Kier molecular flexibility index (Phi) is 1.06. The molecule has 0 aliphatic carbocycles. The van der Waals surface area contributed by atoms with Gasteiger partial charge in [-0.1, -0.05) is 0 Å². The van der Waals surface area contributed by atoms with E-state index in [0.29, 0.717) is 0 Å². The molecule has 0 saturated carbocycles. The molecule has 2 saturated heterocycles. The van der Waals surface area contributed by atoms with Crippen LogP contribution < -0.4 is 0 Å². The molecule has 2 fully saturated rings. The van der Waals surface area contributed by atoms with Gasteiger partial charge in [-0.05, 0) is 6.92 Å². The van der Waals surface area contributed by atoms with Crippen molar-refractivity contribution in [2.75, 3.05) is 0 Å². The summed E-state index contributed by atoms with van der Waals surface area (Å²) in [6.45, 7) is 1.73. The topological polar surface area (TPSA) is 52.6 Å². The second-order valence-electron chi connectivity index (χ2n) is 3.15. The molecule has 0 spiro atoms. The number of rotatable bonds is 0. The third-order valence-electron chi connectivity index (χ3n) is 2.15. The Morgan fingerprint density at radius 3 is 2.82 bits per heavy atom. The van der Waals surface area contributed by atoms with Crippen LogP contribution in [-0.4, -0.2) is 23.6 Å². The lowest BCUT2D eigenvalue weighted by atomic mass is 9.99. The zero-order valence-corrected chi connectivity index (χ0v) is 6.12. The van der Waals surface area contributed by atoms with Crippen molar-refractivity contribution < 1.29 is 19.1 Å². The summed E-state index contributed by atoms with van der Waals surface area (Å²) in [5, 5.41) is 0. The maximum absolute atomic E-state index is 10.8. The minimum Gasteiger partial charge on any atom is -0.457 e. The molecule has 0 amide bonds. The van der Waals surface area contributed by atoms with Crippen molar-refractivity contribution in [1.29, 1.82) is 0 Å². The predicted octanol–water partition coefficient (Wildman–Crippen LogP) is 0.00750. The largest absolute Gasteiger partial charge is 0.457 e. The van der Waals surface area contributed by atoms with Crippen LogP contribution in [0.15, 0.2) is 0 Å². The van der Waals surface area contributed by atoms with Gasteiger partial charge >= 0.3 is 11.9 Å². The lowest BCUT2D eigenvalue weighted by Crippen LogP contribution is -2.30. The number of carbonyl (C=O) groups excluding carboxylic acids is 2. The Balaban J connectivity index is 2.25. The maximum Gasteiger partial charge on any atom is 0.310 e. The highest BCUT2D eigenvalue weighted by atomic mass is 16.6. The van der Waals surface area contributed by atoms with Crippen molar-refractivity contribution in [2.24, 2.45) is 0 Å². The van der Waals surface area contributed by atoms with Crippen molar-refractivity contribution in [3.8, 4) is 0 Å². The van der Waals surface area contributed by atoms with Crippen LogP contribution >= 0.6 is 0 Å². The van der Waals surface area contributed by atoms with E-state index in [4.69, 9.17) is 9.47 Å². The molecule has 11 heavy (non-hydrogen) atoms. The molecular formula is C7H8O4. The molecule has 4 nitrogen and oxygen atoms in total. The van der Waals surface area contributed by atoms with Gasteiger partial charge in [0.2, 0.25) is 0 Å². The Bertz CT molecular complexity index is 213. The van der Waals surface area contributed by atoms with Gasteiger partial charge in [-0.15, -0.1) is 0 Å². The van der Waals surface area contributed by atoms with Crippen LogP contribution in [0.1, 0.15) is 19.8 Å². The molecule has 2 aliphatic rings. The minimum atomic E-state index is -0.672. The highest BCUT2D eigenvalue weighted by Gasteiger charge is 2.54.